The van der Waals surface area contributed by atoms with Gasteiger partial charge in [-0.3, -0.25) is 9.78 Å². The molecule has 1 aromatic carbocycles. The van der Waals surface area contributed by atoms with Crippen molar-refractivity contribution in [3.8, 4) is 0 Å². The highest BCUT2D eigenvalue weighted by Gasteiger charge is 2.32. The van der Waals surface area contributed by atoms with Gasteiger partial charge in [-0.2, -0.15) is 0 Å². The number of hydrogen-bond donors (Lipinski definition) is 1. The first-order valence-corrected chi connectivity index (χ1v) is 6.65. The number of carbonyl (C=O) groups is 1. The Labute approximate surface area is 117 Å². The maximum absolute atomic E-state index is 12.4. The molecule has 0 radical (unpaired) electrons. The molecule has 1 unspecified atom stereocenters. The quantitative estimate of drug-likeness (QED) is 0.925. The van der Waals surface area contributed by atoms with E-state index in [1.165, 1.54) is 0 Å². The van der Waals surface area contributed by atoms with Crippen LogP contribution < -0.4 is 10.2 Å². The summed E-state index contributed by atoms with van der Waals surface area (Å²) >= 11 is 0. The van der Waals surface area contributed by atoms with Crippen LogP contribution in [-0.4, -0.2) is 28.5 Å². The van der Waals surface area contributed by atoms with E-state index < -0.39 is 0 Å². The van der Waals surface area contributed by atoms with Gasteiger partial charge in [0, 0.05) is 18.4 Å². The molecular formula is C15H16N4O. The van der Waals surface area contributed by atoms with Gasteiger partial charge < -0.3 is 10.2 Å². The number of benzene rings is 1. The van der Waals surface area contributed by atoms with Gasteiger partial charge in [-0.1, -0.05) is 18.2 Å². The predicted octanol–water partition coefficient (Wildman–Crippen LogP) is 2.00. The molecule has 1 N–H and O–H groups in total. The lowest BCUT2D eigenvalue weighted by Gasteiger charge is -2.17. The standard InChI is InChI=1S/C15H16N4O/c1-11-9-16-10-14(17-11)18-13-7-8-19(15(13)20)12-5-3-2-4-6-12/h2-6,9-10,13H,7-8H2,1H3,(H,17,18). The molecule has 0 saturated carbocycles. The van der Waals surface area contributed by atoms with E-state index in [-0.39, 0.29) is 11.9 Å². The highest BCUT2D eigenvalue weighted by atomic mass is 16.2. The minimum absolute atomic E-state index is 0.0829. The van der Waals surface area contributed by atoms with Crippen LogP contribution in [0, 0.1) is 6.92 Å². The predicted molar refractivity (Wildman–Crippen MR) is 77.6 cm³/mol. The lowest BCUT2D eigenvalue weighted by molar-refractivity contribution is -0.117. The number of amides is 1. The molecular weight excluding hydrogens is 252 g/mol. The Morgan fingerprint density at radius 3 is 2.80 bits per heavy atom. The number of para-hydroxylation sites is 1. The van der Waals surface area contributed by atoms with E-state index in [2.05, 4.69) is 15.3 Å². The van der Waals surface area contributed by atoms with Gasteiger partial charge in [0.15, 0.2) is 0 Å². The minimum Gasteiger partial charge on any atom is -0.357 e. The summed E-state index contributed by atoms with van der Waals surface area (Å²) in [5, 5.41) is 3.17. The van der Waals surface area contributed by atoms with E-state index in [0.29, 0.717) is 5.82 Å². The molecule has 5 nitrogen and oxygen atoms in total. The number of nitrogens with one attached hydrogen (secondary N) is 1. The number of aryl methyl sites for hydroxylation is 1. The zero-order valence-corrected chi connectivity index (χ0v) is 11.3. The second kappa shape index (κ2) is 5.28. The SMILES string of the molecule is Cc1cncc(NC2CCN(c3ccccc3)C2=O)n1. The molecule has 1 amide bonds. The van der Waals surface area contributed by atoms with Crippen molar-refractivity contribution in [2.75, 3.05) is 16.8 Å². The Hall–Kier alpha value is -2.43. The van der Waals surface area contributed by atoms with Crippen LogP contribution in [0.1, 0.15) is 12.1 Å². The van der Waals surface area contributed by atoms with Crippen molar-refractivity contribution >= 4 is 17.4 Å². The Kier molecular flexibility index (Phi) is 3.33. The van der Waals surface area contributed by atoms with Gasteiger partial charge in [0.2, 0.25) is 5.91 Å². The normalized spacial score (nSPS) is 18.4. The van der Waals surface area contributed by atoms with Gasteiger partial charge in [-0.05, 0) is 25.5 Å². The molecule has 20 heavy (non-hydrogen) atoms. The summed E-state index contributed by atoms with van der Waals surface area (Å²) in [5.74, 6) is 0.734. The van der Waals surface area contributed by atoms with Gasteiger partial charge in [0.1, 0.15) is 11.9 Å². The van der Waals surface area contributed by atoms with Crippen molar-refractivity contribution in [1.29, 1.82) is 0 Å². The smallest absolute Gasteiger partial charge is 0.249 e. The van der Waals surface area contributed by atoms with Crippen molar-refractivity contribution in [2.24, 2.45) is 0 Å². The Balaban J connectivity index is 1.73. The fourth-order valence-corrected chi connectivity index (χ4v) is 2.39. The van der Waals surface area contributed by atoms with Crippen LogP contribution in [-0.2, 0) is 4.79 Å². The number of aromatic nitrogens is 2. The summed E-state index contributed by atoms with van der Waals surface area (Å²) in [6.45, 7) is 2.60. The highest BCUT2D eigenvalue weighted by molar-refractivity contribution is 6.00. The van der Waals surface area contributed by atoms with Gasteiger partial charge in [-0.25, -0.2) is 4.98 Å². The van der Waals surface area contributed by atoms with Crippen LogP contribution >= 0.6 is 0 Å². The second-order valence-electron chi connectivity index (χ2n) is 4.86. The van der Waals surface area contributed by atoms with E-state index in [1.807, 2.05) is 37.3 Å². The van der Waals surface area contributed by atoms with E-state index in [4.69, 9.17) is 0 Å². The number of nitrogens with zero attached hydrogens (tertiary/aromatic N) is 3. The van der Waals surface area contributed by atoms with Crippen molar-refractivity contribution in [2.45, 2.75) is 19.4 Å². The molecule has 2 heterocycles. The third-order valence-corrected chi connectivity index (χ3v) is 3.35. The van der Waals surface area contributed by atoms with Gasteiger partial charge in [0.05, 0.1) is 11.9 Å². The van der Waals surface area contributed by atoms with Gasteiger partial charge in [-0.15, -0.1) is 0 Å². The maximum Gasteiger partial charge on any atom is 0.249 e. The molecule has 0 bridgehead atoms. The van der Waals surface area contributed by atoms with Crippen molar-refractivity contribution < 1.29 is 4.79 Å². The zero-order chi connectivity index (χ0) is 13.9. The lowest BCUT2D eigenvalue weighted by Crippen LogP contribution is -2.33. The Bertz CT molecular complexity index is 614. The first-order chi connectivity index (χ1) is 9.74. The molecule has 102 valence electrons. The third-order valence-electron chi connectivity index (χ3n) is 3.35. The topological polar surface area (TPSA) is 58.1 Å². The van der Waals surface area contributed by atoms with Crippen molar-refractivity contribution in [1.82, 2.24) is 9.97 Å². The number of rotatable bonds is 3. The van der Waals surface area contributed by atoms with E-state index >= 15 is 0 Å². The summed E-state index contributed by atoms with van der Waals surface area (Å²) < 4.78 is 0. The summed E-state index contributed by atoms with van der Waals surface area (Å²) in [5.41, 5.74) is 1.78. The molecule has 2 aromatic rings. The van der Waals surface area contributed by atoms with E-state index in [9.17, 15) is 4.79 Å². The fourth-order valence-electron chi connectivity index (χ4n) is 2.39. The molecule has 1 aliphatic rings. The van der Waals surface area contributed by atoms with Crippen molar-refractivity contribution in [3.63, 3.8) is 0 Å². The Morgan fingerprint density at radius 1 is 1.25 bits per heavy atom. The minimum atomic E-state index is -0.230. The average molecular weight is 268 g/mol. The second-order valence-corrected chi connectivity index (χ2v) is 4.86. The fraction of sp³-hybridized carbons (Fsp3) is 0.267. The van der Waals surface area contributed by atoms with Gasteiger partial charge >= 0.3 is 0 Å². The van der Waals surface area contributed by atoms with Crippen LogP contribution in [0.25, 0.3) is 0 Å². The van der Waals surface area contributed by atoms with Gasteiger partial charge in [0.25, 0.3) is 0 Å². The summed E-state index contributed by atoms with van der Waals surface area (Å²) in [7, 11) is 0. The van der Waals surface area contributed by atoms with Crippen LogP contribution in [0.3, 0.4) is 0 Å². The van der Waals surface area contributed by atoms with Crippen LogP contribution in [0.5, 0.6) is 0 Å². The first-order valence-electron chi connectivity index (χ1n) is 6.65. The average Bonchev–Trinajstić information content (AvgIpc) is 2.81. The maximum atomic E-state index is 12.4. The van der Waals surface area contributed by atoms with Crippen LogP contribution in [0.4, 0.5) is 11.5 Å². The van der Waals surface area contributed by atoms with Crippen LogP contribution in [0.2, 0.25) is 0 Å². The highest BCUT2D eigenvalue weighted by Crippen LogP contribution is 2.22. The lowest BCUT2D eigenvalue weighted by atomic mass is 10.2. The van der Waals surface area contributed by atoms with Crippen LogP contribution in [0.15, 0.2) is 42.7 Å². The number of anilines is 2. The largest absolute Gasteiger partial charge is 0.357 e. The third kappa shape index (κ3) is 2.47. The summed E-state index contributed by atoms with van der Waals surface area (Å²) in [4.78, 5) is 22.6. The molecule has 1 fully saturated rings. The molecule has 1 aliphatic heterocycles. The number of carbonyl (C=O) groups excluding carboxylic acids is 1. The zero-order valence-electron chi connectivity index (χ0n) is 11.3. The molecule has 0 spiro atoms. The van der Waals surface area contributed by atoms with E-state index in [1.54, 1.807) is 17.3 Å². The first kappa shape index (κ1) is 12.6. The molecule has 5 heteroatoms. The summed E-state index contributed by atoms with van der Waals surface area (Å²) in [6.07, 6.45) is 4.10. The van der Waals surface area contributed by atoms with E-state index in [0.717, 1.165) is 24.3 Å². The molecule has 1 atom stereocenters. The molecule has 0 aliphatic carbocycles. The molecule has 1 saturated heterocycles. The summed E-state index contributed by atoms with van der Waals surface area (Å²) in [6, 6.07) is 9.50. The molecule has 3 rings (SSSR count). The molecule has 1 aromatic heterocycles. The number of hydrogen-bond acceptors (Lipinski definition) is 4. The van der Waals surface area contributed by atoms with Crippen molar-refractivity contribution in [3.05, 3.63) is 48.4 Å². The monoisotopic (exact) mass is 268 g/mol. The Morgan fingerprint density at radius 2 is 2.05 bits per heavy atom.